The fraction of sp³-hybridized carbons (Fsp3) is 0.533. The molecule has 0 fully saturated rings. The van der Waals surface area contributed by atoms with Crippen molar-refractivity contribution < 1.29 is 4.79 Å². The van der Waals surface area contributed by atoms with Crippen LogP contribution in [0.1, 0.15) is 25.8 Å². The van der Waals surface area contributed by atoms with Crippen LogP contribution < -0.4 is 10.2 Å². The summed E-state index contributed by atoms with van der Waals surface area (Å²) < 4.78 is 0. The Morgan fingerprint density at radius 1 is 1.32 bits per heavy atom. The van der Waals surface area contributed by atoms with Crippen LogP contribution >= 0.6 is 0 Å². The minimum Gasteiger partial charge on any atom is -0.323 e. The van der Waals surface area contributed by atoms with Crippen molar-refractivity contribution >= 4 is 11.7 Å². The van der Waals surface area contributed by atoms with Gasteiger partial charge in [-0.1, -0.05) is 32.0 Å². The zero-order valence-corrected chi connectivity index (χ0v) is 12.0. The number of nitrogens with one attached hydrogen (secondary N) is 1. The molecule has 19 heavy (non-hydrogen) atoms. The lowest BCUT2D eigenvalue weighted by Crippen LogP contribution is -2.50. The van der Waals surface area contributed by atoms with Crippen LogP contribution in [0.3, 0.4) is 0 Å². The normalized spacial score (nSPS) is 16.5. The molecule has 1 N–H and O–H groups in total. The third-order valence-electron chi connectivity index (χ3n) is 3.64. The Bertz CT molecular complexity index is 447. The van der Waals surface area contributed by atoms with E-state index in [1.54, 1.807) is 4.90 Å². The first-order valence-electron chi connectivity index (χ1n) is 7.01. The molecule has 1 heterocycles. The molecule has 1 aromatic carbocycles. The summed E-state index contributed by atoms with van der Waals surface area (Å²) in [6, 6.07) is 8.60. The molecule has 1 aliphatic heterocycles. The van der Waals surface area contributed by atoms with Gasteiger partial charge in [-0.25, -0.2) is 4.79 Å². The Balaban J connectivity index is 2.24. The SMILES string of the molecule is CCNC(CC)CN1C(=O)N(C)Cc2ccccc21. The summed E-state index contributed by atoms with van der Waals surface area (Å²) in [6.45, 7) is 6.60. The minimum atomic E-state index is 0.0926. The van der Waals surface area contributed by atoms with Gasteiger partial charge in [-0.05, 0) is 24.6 Å². The topological polar surface area (TPSA) is 35.6 Å². The van der Waals surface area contributed by atoms with Crippen molar-refractivity contribution in [2.75, 3.05) is 25.0 Å². The average molecular weight is 261 g/mol. The molecule has 1 unspecified atom stereocenters. The summed E-state index contributed by atoms with van der Waals surface area (Å²) in [5.41, 5.74) is 2.28. The van der Waals surface area contributed by atoms with E-state index in [9.17, 15) is 4.79 Å². The van der Waals surface area contributed by atoms with Gasteiger partial charge in [0.05, 0.1) is 5.69 Å². The van der Waals surface area contributed by atoms with Crippen molar-refractivity contribution in [3.63, 3.8) is 0 Å². The van der Waals surface area contributed by atoms with Crippen LogP contribution in [0, 0.1) is 0 Å². The number of carbonyl (C=O) groups is 1. The molecule has 0 bridgehead atoms. The molecule has 4 heteroatoms. The number of hydrogen-bond acceptors (Lipinski definition) is 2. The second kappa shape index (κ2) is 6.06. The molecule has 104 valence electrons. The van der Waals surface area contributed by atoms with E-state index in [1.165, 1.54) is 5.56 Å². The van der Waals surface area contributed by atoms with Crippen molar-refractivity contribution in [1.82, 2.24) is 10.2 Å². The summed E-state index contributed by atoms with van der Waals surface area (Å²) >= 11 is 0. The number of urea groups is 1. The highest BCUT2D eigenvalue weighted by molar-refractivity contribution is 5.94. The number of benzene rings is 1. The summed E-state index contributed by atoms with van der Waals surface area (Å²) in [7, 11) is 1.86. The number of nitrogens with zero attached hydrogens (tertiary/aromatic N) is 2. The lowest BCUT2D eigenvalue weighted by Gasteiger charge is -2.37. The van der Waals surface area contributed by atoms with E-state index in [-0.39, 0.29) is 6.03 Å². The molecular weight excluding hydrogens is 238 g/mol. The van der Waals surface area contributed by atoms with Gasteiger partial charge >= 0.3 is 6.03 Å². The van der Waals surface area contributed by atoms with Crippen molar-refractivity contribution in [2.24, 2.45) is 0 Å². The molecule has 2 rings (SSSR count). The van der Waals surface area contributed by atoms with Gasteiger partial charge in [-0.15, -0.1) is 0 Å². The third-order valence-corrected chi connectivity index (χ3v) is 3.64. The quantitative estimate of drug-likeness (QED) is 0.883. The van der Waals surface area contributed by atoms with E-state index in [0.29, 0.717) is 12.6 Å². The number of likely N-dealkylation sites (N-methyl/N-ethyl adjacent to an activating group) is 1. The molecule has 1 aromatic rings. The predicted molar refractivity (Wildman–Crippen MR) is 78.4 cm³/mol. The lowest BCUT2D eigenvalue weighted by molar-refractivity contribution is 0.209. The number of hydrogen-bond donors (Lipinski definition) is 1. The van der Waals surface area contributed by atoms with Crippen LogP contribution in [-0.2, 0) is 6.54 Å². The first-order chi connectivity index (χ1) is 9.17. The number of para-hydroxylation sites is 1. The van der Waals surface area contributed by atoms with E-state index in [4.69, 9.17) is 0 Å². The van der Waals surface area contributed by atoms with E-state index < -0.39 is 0 Å². The average Bonchev–Trinajstić information content (AvgIpc) is 2.42. The first kappa shape index (κ1) is 13.9. The highest BCUT2D eigenvalue weighted by atomic mass is 16.2. The van der Waals surface area contributed by atoms with Gasteiger partial charge in [0, 0.05) is 26.2 Å². The number of amides is 2. The Hall–Kier alpha value is -1.55. The highest BCUT2D eigenvalue weighted by Crippen LogP contribution is 2.27. The van der Waals surface area contributed by atoms with Crippen LogP contribution in [0.4, 0.5) is 10.5 Å². The lowest BCUT2D eigenvalue weighted by atomic mass is 10.1. The zero-order chi connectivity index (χ0) is 13.8. The van der Waals surface area contributed by atoms with Gasteiger partial charge in [-0.2, -0.15) is 0 Å². The van der Waals surface area contributed by atoms with Gasteiger partial charge in [0.1, 0.15) is 0 Å². The molecule has 0 spiro atoms. The number of fused-ring (bicyclic) bond motifs is 1. The smallest absolute Gasteiger partial charge is 0.323 e. The fourth-order valence-corrected chi connectivity index (χ4v) is 2.56. The standard InChI is InChI=1S/C15H23N3O/c1-4-13(16-5-2)11-18-14-9-7-6-8-12(14)10-17(3)15(18)19/h6-9,13,16H,4-5,10-11H2,1-3H3. The molecule has 0 radical (unpaired) electrons. The zero-order valence-electron chi connectivity index (χ0n) is 12.0. The molecule has 4 nitrogen and oxygen atoms in total. The Morgan fingerprint density at radius 3 is 2.74 bits per heavy atom. The van der Waals surface area contributed by atoms with Gasteiger partial charge in [0.15, 0.2) is 0 Å². The van der Waals surface area contributed by atoms with Crippen LogP contribution in [0.2, 0.25) is 0 Å². The largest absolute Gasteiger partial charge is 0.324 e. The first-order valence-corrected chi connectivity index (χ1v) is 7.01. The van der Waals surface area contributed by atoms with Crippen LogP contribution in [0.15, 0.2) is 24.3 Å². The van der Waals surface area contributed by atoms with Crippen molar-refractivity contribution in [3.05, 3.63) is 29.8 Å². The number of carbonyl (C=O) groups excluding carboxylic acids is 1. The summed E-state index contributed by atoms with van der Waals surface area (Å²) in [5, 5.41) is 3.43. The Kier molecular flexibility index (Phi) is 4.43. The van der Waals surface area contributed by atoms with Crippen LogP contribution in [0.25, 0.3) is 0 Å². The summed E-state index contributed by atoms with van der Waals surface area (Å²) in [4.78, 5) is 16.0. The minimum absolute atomic E-state index is 0.0926. The number of rotatable bonds is 5. The second-order valence-corrected chi connectivity index (χ2v) is 5.04. The van der Waals surface area contributed by atoms with E-state index in [1.807, 2.05) is 30.1 Å². The van der Waals surface area contributed by atoms with Gasteiger partial charge in [0.2, 0.25) is 0 Å². The molecule has 0 saturated carbocycles. The maximum Gasteiger partial charge on any atom is 0.324 e. The van der Waals surface area contributed by atoms with Crippen LogP contribution in [-0.4, -0.2) is 37.1 Å². The molecule has 1 atom stereocenters. The predicted octanol–water partition coefficient (Wildman–Crippen LogP) is 2.45. The highest BCUT2D eigenvalue weighted by Gasteiger charge is 2.28. The molecule has 0 aliphatic carbocycles. The summed E-state index contributed by atoms with van der Waals surface area (Å²) in [6.07, 6.45) is 1.02. The fourth-order valence-electron chi connectivity index (χ4n) is 2.56. The van der Waals surface area contributed by atoms with Gasteiger partial charge < -0.3 is 10.2 Å². The molecule has 1 aliphatic rings. The molecule has 2 amide bonds. The van der Waals surface area contributed by atoms with E-state index in [2.05, 4.69) is 25.2 Å². The molecular formula is C15H23N3O. The molecule has 0 aromatic heterocycles. The Labute approximate surface area is 115 Å². The van der Waals surface area contributed by atoms with Gasteiger partial charge in [0.25, 0.3) is 0 Å². The van der Waals surface area contributed by atoms with Crippen molar-refractivity contribution in [3.8, 4) is 0 Å². The Morgan fingerprint density at radius 2 is 2.05 bits per heavy atom. The van der Waals surface area contributed by atoms with Gasteiger partial charge in [-0.3, -0.25) is 4.90 Å². The van der Waals surface area contributed by atoms with Crippen molar-refractivity contribution in [2.45, 2.75) is 32.9 Å². The monoisotopic (exact) mass is 261 g/mol. The maximum absolute atomic E-state index is 12.4. The second-order valence-electron chi connectivity index (χ2n) is 5.04. The third kappa shape index (κ3) is 2.89. The molecule has 0 saturated heterocycles. The van der Waals surface area contributed by atoms with E-state index >= 15 is 0 Å². The summed E-state index contributed by atoms with van der Waals surface area (Å²) in [5.74, 6) is 0. The van der Waals surface area contributed by atoms with Crippen LogP contribution in [0.5, 0.6) is 0 Å². The maximum atomic E-state index is 12.4. The van der Waals surface area contributed by atoms with E-state index in [0.717, 1.165) is 25.2 Å². The number of anilines is 1. The van der Waals surface area contributed by atoms with Crippen molar-refractivity contribution in [1.29, 1.82) is 0 Å².